The lowest BCUT2D eigenvalue weighted by atomic mass is 10.1. The number of benzene rings is 2. The summed E-state index contributed by atoms with van der Waals surface area (Å²) in [4.78, 5) is 26.0. The predicted molar refractivity (Wildman–Crippen MR) is 138 cm³/mol. The molecular weight excluding hydrogens is 464 g/mol. The summed E-state index contributed by atoms with van der Waals surface area (Å²) in [6.07, 6.45) is 1.06. The van der Waals surface area contributed by atoms with Crippen molar-refractivity contribution in [2.45, 2.75) is 39.2 Å². The maximum atomic E-state index is 13.0. The first-order valence-electron chi connectivity index (χ1n) is 12.3. The fraction of sp³-hybridized carbons (Fsp3) is 0.481. The third-order valence-corrected chi connectivity index (χ3v) is 5.32. The molecule has 0 fully saturated rings. The van der Waals surface area contributed by atoms with E-state index in [2.05, 4.69) is 12.2 Å². The molecule has 0 aromatic heterocycles. The van der Waals surface area contributed by atoms with Crippen LogP contribution in [0.4, 0.5) is 10.5 Å². The number of amides is 2. The number of carbonyl (C=O) groups is 2. The zero-order valence-electron chi connectivity index (χ0n) is 21.4. The van der Waals surface area contributed by atoms with Crippen LogP contribution in [0.25, 0.3) is 0 Å². The minimum Gasteiger partial charge on any atom is -0.495 e. The van der Waals surface area contributed by atoms with E-state index < -0.39 is 12.1 Å². The van der Waals surface area contributed by atoms with Gasteiger partial charge in [0.15, 0.2) is 6.10 Å². The molecule has 0 heterocycles. The van der Waals surface area contributed by atoms with Crippen LogP contribution in [0.3, 0.4) is 0 Å². The van der Waals surface area contributed by atoms with Crippen LogP contribution in [0.1, 0.15) is 32.3 Å². The number of carboxylic acid groups (broad SMARTS) is 1. The normalized spacial score (nSPS) is 11.5. The zero-order chi connectivity index (χ0) is 26.2. The van der Waals surface area contributed by atoms with Gasteiger partial charge in [-0.15, -0.1) is 0 Å². The summed E-state index contributed by atoms with van der Waals surface area (Å²) >= 11 is 0. The smallest absolute Gasteiger partial charge is 0.333 e. The Labute approximate surface area is 213 Å². The second kappa shape index (κ2) is 16.4. The average Bonchev–Trinajstić information content (AvgIpc) is 2.88. The van der Waals surface area contributed by atoms with Gasteiger partial charge in [-0.1, -0.05) is 31.2 Å². The first-order valence-corrected chi connectivity index (χ1v) is 12.3. The van der Waals surface area contributed by atoms with Crippen LogP contribution < -0.4 is 14.8 Å². The molecule has 2 rings (SSSR count). The van der Waals surface area contributed by atoms with Crippen LogP contribution in [-0.2, 0) is 20.7 Å². The van der Waals surface area contributed by atoms with Crippen molar-refractivity contribution < 1.29 is 33.6 Å². The summed E-state index contributed by atoms with van der Waals surface area (Å²) in [5.74, 6) is 0.241. The summed E-state index contributed by atoms with van der Waals surface area (Å²) in [6, 6.07) is 14.2. The van der Waals surface area contributed by atoms with Crippen LogP contribution in [-0.4, -0.2) is 74.7 Å². The zero-order valence-corrected chi connectivity index (χ0v) is 21.4. The van der Waals surface area contributed by atoms with E-state index in [1.54, 1.807) is 43.2 Å². The van der Waals surface area contributed by atoms with Crippen molar-refractivity contribution in [3.05, 3.63) is 54.1 Å². The van der Waals surface area contributed by atoms with Gasteiger partial charge in [0.1, 0.15) is 18.1 Å². The Balaban J connectivity index is 1.93. The number of nitrogens with one attached hydrogen (secondary N) is 1. The molecule has 0 saturated heterocycles. The van der Waals surface area contributed by atoms with Gasteiger partial charge >= 0.3 is 12.0 Å². The summed E-state index contributed by atoms with van der Waals surface area (Å²) in [6.45, 7) is 6.63. The van der Waals surface area contributed by atoms with Crippen molar-refractivity contribution in [1.29, 1.82) is 0 Å². The van der Waals surface area contributed by atoms with Crippen molar-refractivity contribution in [1.82, 2.24) is 4.90 Å². The Kier molecular flexibility index (Phi) is 13.2. The predicted octanol–water partition coefficient (Wildman–Crippen LogP) is 4.46. The van der Waals surface area contributed by atoms with E-state index in [4.69, 9.17) is 18.9 Å². The highest BCUT2D eigenvalue weighted by Gasteiger charge is 2.18. The van der Waals surface area contributed by atoms with Crippen LogP contribution in [0.2, 0.25) is 0 Å². The summed E-state index contributed by atoms with van der Waals surface area (Å²) in [5.41, 5.74) is 1.44. The number of anilines is 1. The van der Waals surface area contributed by atoms with Crippen LogP contribution in [0, 0.1) is 0 Å². The first kappa shape index (κ1) is 28.9. The summed E-state index contributed by atoms with van der Waals surface area (Å²) in [5, 5.41) is 12.2. The fourth-order valence-electron chi connectivity index (χ4n) is 3.49. The van der Waals surface area contributed by atoms with E-state index in [9.17, 15) is 14.7 Å². The standard InChI is InChI=1S/C27H38N2O7/c1-4-17-34-18-8-15-29(27(32)28-23-9-6-7-10-24(23)33-3)16-19-36-22-13-11-21(12-14-22)20-25(26(30)31)35-5-2/h6-7,9-14,25H,4-5,8,15-20H2,1-3H3,(H,28,32)(H,30,31). The highest BCUT2D eigenvalue weighted by Crippen LogP contribution is 2.23. The number of para-hydroxylation sites is 2. The molecule has 2 aromatic rings. The fourth-order valence-corrected chi connectivity index (χ4v) is 3.49. The highest BCUT2D eigenvalue weighted by atomic mass is 16.5. The molecule has 0 aliphatic heterocycles. The van der Waals surface area contributed by atoms with Crippen LogP contribution in [0.5, 0.6) is 11.5 Å². The third kappa shape index (κ3) is 10.1. The van der Waals surface area contributed by atoms with Gasteiger partial charge in [-0.05, 0) is 49.6 Å². The SMILES string of the molecule is CCCOCCCN(CCOc1ccc(CC(OCC)C(=O)O)cc1)C(=O)Nc1ccccc1OC. The van der Waals surface area contributed by atoms with Gasteiger partial charge < -0.3 is 34.3 Å². The first-order chi connectivity index (χ1) is 17.5. The Morgan fingerprint density at radius 1 is 1.00 bits per heavy atom. The molecule has 36 heavy (non-hydrogen) atoms. The van der Waals surface area contributed by atoms with Gasteiger partial charge in [0.05, 0.1) is 19.3 Å². The summed E-state index contributed by atoms with van der Waals surface area (Å²) in [7, 11) is 1.56. The molecule has 0 spiro atoms. The lowest BCUT2D eigenvalue weighted by molar-refractivity contribution is -0.149. The molecule has 0 bridgehead atoms. The van der Waals surface area contributed by atoms with Gasteiger partial charge in [-0.3, -0.25) is 0 Å². The molecule has 1 atom stereocenters. The minimum atomic E-state index is -0.983. The van der Waals surface area contributed by atoms with E-state index in [-0.39, 0.29) is 12.5 Å². The van der Waals surface area contributed by atoms with E-state index in [1.807, 2.05) is 24.3 Å². The van der Waals surface area contributed by atoms with Gasteiger partial charge in [0.2, 0.25) is 0 Å². The quantitative estimate of drug-likeness (QED) is 0.308. The van der Waals surface area contributed by atoms with Crippen molar-refractivity contribution in [3.8, 4) is 11.5 Å². The maximum absolute atomic E-state index is 13.0. The van der Waals surface area contributed by atoms with Crippen molar-refractivity contribution in [2.24, 2.45) is 0 Å². The second-order valence-corrected chi connectivity index (χ2v) is 8.06. The number of aliphatic carboxylic acids is 1. The molecule has 0 aliphatic rings. The number of ether oxygens (including phenoxy) is 4. The van der Waals surface area contributed by atoms with Gasteiger partial charge in [-0.2, -0.15) is 0 Å². The minimum absolute atomic E-state index is 0.246. The van der Waals surface area contributed by atoms with Crippen molar-refractivity contribution in [3.63, 3.8) is 0 Å². The van der Waals surface area contributed by atoms with Crippen LogP contribution >= 0.6 is 0 Å². The number of nitrogens with zero attached hydrogens (tertiary/aromatic N) is 1. The molecule has 2 N–H and O–H groups in total. The molecule has 198 valence electrons. The molecule has 0 saturated carbocycles. The van der Waals surface area contributed by atoms with E-state index >= 15 is 0 Å². The Morgan fingerprint density at radius 3 is 2.42 bits per heavy atom. The molecule has 2 amide bonds. The number of carbonyl (C=O) groups excluding carboxylic acids is 1. The largest absolute Gasteiger partial charge is 0.495 e. The number of hydrogen-bond donors (Lipinski definition) is 2. The topological polar surface area (TPSA) is 107 Å². The third-order valence-electron chi connectivity index (χ3n) is 5.32. The van der Waals surface area contributed by atoms with Crippen molar-refractivity contribution >= 4 is 17.7 Å². The number of urea groups is 1. The highest BCUT2D eigenvalue weighted by molar-refractivity contribution is 5.91. The second-order valence-electron chi connectivity index (χ2n) is 8.06. The number of methoxy groups -OCH3 is 1. The van der Waals surface area contributed by atoms with Gasteiger partial charge in [0.25, 0.3) is 0 Å². The number of rotatable bonds is 17. The average molecular weight is 503 g/mol. The summed E-state index contributed by atoms with van der Waals surface area (Å²) < 4.78 is 22.0. The number of carboxylic acids is 1. The van der Waals surface area contributed by atoms with E-state index in [1.165, 1.54) is 0 Å². The van der Waals surface area contributed by atoms with Crippen molar-refractivity contribution in [2.75, 3.05) is 51.9 Å². The van der Waals surface area contributed by atoms with Gasteiger partial charge in [0, 0.05) is 32.8 Å². The molecule has 9 nitrogen and oxygen atoms in total. The van der Waals surface area contributed by atoms with Gasteiger partial charge in [-0.25, -0.2) is 9.59 Å². The van der Waals surface area contributed by atoms with E-state index in [0.717, 1.165) is 12.0 Å². The molecule has 0 radical (unpaired) electrons. The Bertz CT molecular complexity index is 921. The van der Waals surface area contributed by atoms with E-state index in [0.29, 0.717) is 63.1 Å². The Hall–Kier alpha value is -3.30. The lowest BCUT2D eigenvalue weighted by Gasteiger charge is -2.24. The lowest BCUT2D eigenvalue weighted by Crippen LogP contribution is -2.39. The molecular formula is C27H38N2O7. The monoisotopic (exact) mass is 502 g/mol. The molecule has 2 aromatic carbocycles. The maximum Gasteiger partial charge on any atom is 0.333 e. The molecule has 0 aliphatic carbocycles. The van der Waals surface area contributed by atoms with Crippen LogP contribution in [0.15, 0.2) is 48.5 Å². The molecule has 1 unspecified atom stereocenters. The molecule has 9 heteroatoms. The number of hydrogen-bond acceptors (Lipinski definition) is 6. The Morgan fingerprint density at radius 2 is 1.75 bits per heavy atom.